The second-order valence-corrected chi connectivity index (χ2v) is 4.66. The van der Waals surface area contributed by atoms with E-state index in [1.165, 1.54) is 12.1 Å². The zero-order chi connectivity index (χ0) is 13.1. The van der Waals surface area contributed by atoms with Crippen LogP contribution >= 0.6 is 0 Å². The predicted molar refractivity (Wildman–Crippen MR) is 68.1 cm³/mol. The highest BCUT2D eigenvalue weighted by molar-refractivity contribution is 5.55. The maximum absolute atomic E-state index is 13.3. The third kappa shape index (κ3) is 2.56. The highest BCUT2D eigenvalue weighted by Crippen LogP contribution is 2.20. The van der Waals surface area contributed by atoms with Gasteiger partial charge in [-0.05, 0) is 18.1 Å². The largest absolute Gasteiger partial charge is 0.324 e. The van der Waals surface area contributed by atoms with E-state index >= 15 is 0 Å². The van der Waals surface area contributed by atoms with E-state index in [-0.39, 0.29) is 5.82 Å². The molecule has 96 valence electrons. The van der Waals surface area contributed by atoms with E-state index in [2.05, 4.69) is 24.0 Å². The number of nitrogens with two attached hydrogens (primary N) is 1. The van der Waals surface area contributed by atoms with Gasteiger partial charge in [0.25, 0.3) is 0 Å². The van der Waals surface area contributed by atoms with Gasteiger partial charge in [0.2, 0.25) is 0 Å². The molecular weight excluding hydrogens is 231 g/mol. The van der Waals surface area contributed by atoms with Crippen molar-refractivity contribution in [2.24, 2.45) is 11.7 Å². The lowest BCUT2D eigenvalue weighted by Crippen LogP contribution is -2.13. The van der Waals surface area contributed by atoms with Gasteiger partial charge in [-0.1, -0.05) is 26.0 Å². The smallest absolute Gasteiger partial charge is 0.164 e. The van der Waals surface area contributed by atoms with E-state index in [1.807, 2.05) is 10.6 Å². The monoisotopic (exact) mass is 248 g/mol. The van der Waals surface area contributed by atoms with Crippen LogP contribution in [0.4, 0.5) is 4.39 Å². The molecule has 1 aromatic heterocycles. The number of nitrogens with zero attached hydrogens (tertiary/aromatic N) is 3. The van der Waals surface area contributed by atoms with Gasteiger partial charge in [-0.25, -0.2) is 4.39 Å². The normalized spacial score (nSPS) is 11.2. The van der Waals surface area contributed by atoms with Gasteiger partial charge in [-0.2, -0.15) is 0 Å². The quantitative estimate of drug-likeness (QED) is 0.902. The average Bonchev–Trinajstić information content (AvgIpc) is 2.71. The SMILES string of the molecule is CC(C)Cn1c(CN)nnc1-c1cccc(F)c1. The molecule has 2 rings (SSSR count). The summed E-state index contributed by atoms with van der Waals surface area (Å²) in [7, 11) is 0. The van der Waals surface area contributed by atoms with Gasteiger partial charge >= 0.3 is 0 Å². The summed E-state index contributed by atoms with van der Waals surface area (Å²) in [5.74, 6) is 1.56. The highest BCUT2D eigenvalue weighted by Gasteiger charge is 2.14. The molecule has 0 aliphatic carbocycles. The summed E-state index contributed by atoms with van der Waals surface area (Å²) in [6.45, 7) is 5.31. The van der Waals surface area contributed by atoms with Crippen LogP contribution in [0.3, 0.4) is 0 Å². The Hall–Kier alpha value is -1.75. The lowest BCUT2D eigenvalue weighted by atomic mass is 10.2. The molecule has 5 heteroatoms. The molecule has 0 spiro atoms. The summed E-state index contributed by atoms with van der Waals surface area (Å²) in [5.41, 5.74) is 6.38. The van der Waals surface area contributed by atoms with Crippen LogP contribution in [0, 0.1) is 11.7 Å². The van der Waals surface area contributed by atoms with Crippen molar-refractivity contribution < 1.29 is 4.39 Å². The molecule has 0 radical (unpaired) electrons. The Morgan fingerprint density at radius 2 is 2.11 bits per heavy atom. The number of rotatable bonds is 4. The van der Waals surface area contributed by atoms with Crippen molar-refractivity contribution in [3.63, 3.8) is 0 Å². The summed E-state index contributed by atoms with van der Waals surface area (Å²) in [5, 5.41) is 8.18. The number of halogens is 1. The fourth-order valence-electron chi connectivity index (χ4n) is 1.88. The Bertz CT molecular complexity index is 534. The van der Waals surface area contributed by atoms with Crippen LogP contribution in [-0.2, 0) is 13.1 Å². The van der Waals surface area contributed by atoms with Gasteiger partial charge in [0, 0.05) is 12.1 Å². The van der Waals surface area contributed by atoms with Gasteiger partial charge in [-0.3, -0.25) is 0 Å². The highest BCUT2D eigenvalue weighted by atomic mass is 19.1. The molecule has 4 nitrogen and oxygen atoms in total. The first kappa shape index (κ1) is 12.7. The van der Waals surface area contributed by atoms with Crippen LogP contribution in [-0.4, -0.2) is 14.8 Å². The standard InChI is InChI=1S/C13H17FN4/c1-9(2)8-18-12(7-15)16-17-13(18)10-4-3-5-11(14)6-10/h3-6,9H,7-8,15H2,1-2H3. The van der Waals surface area contributed by atoms with Crippen molar-refractivity contribution in [3.05, 3.63) is 35.9 Å². The first-order valence-corrected chi connectivity index (χ1v) is 6.00. The molecule has 0 fully saturated rings. The Balaban J connectivity index is 2.47. The molecule has 1 aromatic carbocycles. The van der Waals surface area contributed by atoms with E-state index < -0.39 is 0 Å². The fourth-order valence-corrected chi connectivity index (χ4v) is 1.88. The summed E-state index contributed by atoms with van der Waals surface area (Å²) in [6.07, 6.45) is 0. The number of hydrogen-bond donors (Lipinski definition) is 1. The van der Waals surface area contributed by atoms with Crippen molar-refractivity contribution in [1.82, 2.24) is 14.8 Å². The molecule has 0 aliphatic heterocycles. The van der Waals surface area contributed by atoms with Crippen LogP contribution < -0.4 is 5.73 Å². The summed E-state index contributed by atoms with van der Waals surface area (Å²) in [6, 6.07) is 6.36. The van der Waals surface area contributed by atoms with Crippen LogP contribution in [0.5, 0.6) is 0 Å². The summed E-state index contributed by atoms with van der Waals surface area (Å²) < 4.78 is 15.2. The minimum atomic E-state index is -0.277. The zero-order valence-corrected chi connectivity index (χ0v) is 10.6. The zero-order valence-electron chi connectivity index (χ0n) is 10.6. The molecule has 2 aromatic rings. The van der Waals surface area contributed by atoms with Crippen molar-refractivity contribution in [2.75, 3.05) is 0 Å². The second kappa shape index (κ2) is 5.27. The molecule has 0 aliphatic rings. The Labute approximate surface area is 106 Å². The molecule has 0 saturated carbocycles. The number of hydrogen-bond acceptors (Lipinski definition) is 3. The van der Waals surface area contributed by atoms with Crippen molar-refractivity contribution >= 4 is 0 Å². The summed E-state index contributed by atoms with van der Waals surface area (Å²) >= 11 is 0. The number of benzene rings is 1. The molecule has 0 bridgehead atoms. The fraction of sp³-hybridized carbons (Fsp3) is 0.385. The van der Waals surface area contributed by atoms with Crippen LogP contribution in [0.15, 0.2) is 24.3 Å². The lowest BCUT2D eigenvalue weighted by molar-refractivity contribution is 0.510. The molecule has 2 N–H and O–H groups in total. The molecule has 0 saturated heterocycles. The maximum Gasteiger partial charge on any atom is 0.164 e. The van der Waals surface area contributed by atoms with Gasteiger partial charge in [0.1, 0.15) is 11.6 Å². The molecule has 1 heterocycles. The van der Waals surface area contributed by atoms with Gasteiger partial charge in [-0.15, -0.1) is 10.2 Å². The predicted octanol–water partition coefficient (Wildman–Crippen LogP) is 2.20. The molecule has 0 unspecified atom stereocenters. The van der Waals surface area contributed by atoms with Crippen molar-refractivity contribution in [1.29, 1.82) is 0 Å². The van der Waals surface area contributed by atoms with Gasteiger partial charge < -0.3 is 10.3 Å². The third-order valence-electron chi connectivity index (χ3n) is 2.64. The van der Waals surface area contributed by atoms with Crippen LogP contribution in [0.2, 0.25) is 0 Å². The van der Waals surface area contributed by atoms with Gasteiger partial charge in [0.15, 0.2) is 5.82 Å². The Morgan fingerprint density at radius 1 is 1.33 bits per heavy atom. The third-order valence-corrected chi connectivity index (χ3v) is 2.64. The van der Waals surface area contributed by atoms with Crippen LogP contribution in [0.25, 0.3) is 11.4 Å². The molecule has 0 atom stereocenters. The minimum Gasteiger partial charge on any atom is -0.324 e. The minimum absolute atomic E-state index is 0.277. The van der Waals surface area contributed by atoms with E-state index in [0.717, 1.165) is 17.9 Å². The van der Waals surface area contributed by atoms with E-state index in [4.69, 9.17) is 5.73 Å². The van der Waals surface area contributed by atoms with Crippen molar-refractivity contribution in [2.45, 2.75) is 26.9 Å². The van der Waals surface area contributed by atoms with Gasteiger partial charge in [0.05, 0.1) is 6.54 Å². The summed E-state index contributed by atoms with van der Waals surface area (Å²) in [4.78, 5) is 0. The molecular formula is C13H17FN4. The topological polar surface area (TPSA) is 56.7 Å². The maximum atomic E-state index is 13.3. The lowest BCUT2D eigenvalue weighted by Gasteiger charge is -2.12. The molecule has 18 heavy (non-hydrogen) atoms. The number of aromatic nitrogens is 3. The first-order chi connectivity index (χ1) is 8.61. The Kier molecular flexibility index (Phi) is 3.72. The Morgan fingerprint density at radius 3 is 2.72 bits per heavy atom. The first-order valence-electron chi connectivity index (χ1n) is 6.00. The average molecular weight is 248 g/mol. The second-order valence-electron chi connectivity index (χ2n) is 4.66. The van der Waals surface area contributed by atoms with E-state index in [1.54, 1.807) is 6.07 Å². The molecule has 0 amide bonds. The van der Waals surface area contributed by atoms with Crippen molar-refractivity contribution in [3.8, 4) is 11.4 Å². The van der Waals surface area contributed by atoms with E-state index in [0.29, 0.717) is 18.3 Å². The van der Waals surface area contributed by atoms with E-state index in [9.17, 15) is 4.39 Å². The van der Waals surface area contributed by atoms with Crippen LogP contribution in [0.1, 0.15) is 19.7 Å².